The van der Waals surface area contributed by atoms with E-state index in [0.29, 0.717) is 0 Å². The molecule has 3 nitrogen and oxygen atoms in total. The molecule has 1 N–H and O–H groups in total. The SMILES string of the molecule is CCCNCC(C)(C)CN(C)Cc1ccc(C)o1. The van der Waals surface area contributed by atoms with Crippen molar-refractivity contribution in [2.75, 3.05) is 26.7 Å². The molecule has 0 saturated carbocycles. The van der Waals surface area contributed by atoms with Crippen LogP contribution < -0.4 is 5.32 Å². The second kappa shape index (κ2) is 6.95. The third-order valence-corrected chi connectivity index (χ3v) is 2.95. The molecular formula is C15H28N2O. The number of nitrogens with zero attached hydrogens (tertiary/aromatic N) is 1. The van der Waals surface area contributed by atoms with Crippen molar-refractivity contribution in [3.63, 3.8) is 0 Å². The van der Waals surface area contributed by atoms with Gasteiger partial charge in [0.25, 0.3) is 0 Å². The van der Waals surface area contributed by atoms with Crippen LogP contribution in [-0.4, -0.2) is 31.6 Å². The molecule has 0 aromatic carbocycles. The number of aryl methyl sites for hydroxylation is 1. The van der Waals surface area contributed by atoms with Crippen LogP contribution in [0.5, 0.6) is 0 Å². The summed E-state index contributed by atoms with van der Waals surface area (Å²) in [4.78, 5) is 2.33. The van der Waals surface area contributed by atoms with Crippen LogP contribution in [-0.2, 0) is 6.54 Å². The van der Waals surface area contributed by atoms with Gasteiger partial charge in [-0.2, -0.15) is 0 Å². The predicted molar refractivity (Wildman–Crippen MR) is 76.7 cm³/mol. The Morgan fingerprint density at radius 3 is 2.61 bits per heavy atom. The monoisotopic (exact) mass is 252 g/mol. The summed E-state index contributed by atoms with van der Waals surface area (Å²) in [6, 6.07) is 4.09. The lowest BCUT2D eigenvalue weighted by Gasteiger charge is -2.30. The van der Waals surface area contributed by atoms with Crippen molar-refractivity contribution < 1.29 is 4.42 Å². The Morgan fingerprint density at radius 1 is 1.33 bits per heavy atom. The van der Waals surface area contributed by atoms with Gasteiger partial charge in [-0.25, -0.2) is 0 Å². The molecule has 0 amide bonds. The van der Waals surface area contributed by atoms with Gasteiger partial charge in [-0.3, -0.25) is 4.90 Å². The normalized spacial score (nSPS) is 12.3. The van der Waals surface area contributed by atoms with E-state index in [4.69, 9.17) is 4.42 Å². The second-order valence-corrected chi connectivity index (χ2v) is 6.03. The van der Waals surface area contributed by atoms with Crippen LogP contribution in [0.1, 0.15) is 38.7 Å². The molecule has 0 spiro atoms. The number of hydrogen-bond donors (Lipinski definition) is 1. The Labute approximate surface area is 112 Å². The average Bonchev–Trinajstić information content (AvgIpc) is 2.63. The highest BCUT2D eigenvalue weighted by molar-refractivity contribution is 5.05. The average molecular weight is 252 g/mol. The predicted octanol–water partition coefficient (Wildman–Crippen LogP) is 3.05. The summed E-state index contributed by atoms with van der Waals surface area (Å²) in [7, 11) is 2.15. The van der Waals surface area contributed by atoms with Crippen molar-refractivity contribution >= 4 is 0 Å². The third kappa shape index (κ3) is 5.69. The molecule has 0 unspecified atom stereocenters. The molecule has 0 atom stereocenters. The molecule has 0 aliphatic heterocycles. The van der Waals surface area contributed by atoms with Crippen LogP contribution >= 0.6 is 0 Å². The molecule has 0 radical (unpaired) electrons. The van der Waals surface area contributed by atoms with Gasteiger partial charge >= 0.3 is 0 Å². The molecule has 104 valence electrons. The van der Waals surface area contributed by atoms with Crippen LogP contribution in [0.3, 0.4) is 0 Å². The Balaban J connectivity index is 2.35. The second-order valence-electron chi connectivity index (χ2n) is 6.03. The van der Waals surface area contributed by atoms with Crippen LogP contribution in [0.15, 0.2) is 16.5 Å². The first kappa shape index (κ1) is 15.3. The minimum atomic E-state index is 0.283. The molecule has 0 fully saturated rings. The van der Waals surface area contributed by atoms with Gasteiger partial charge in [-0.1, -0.05) is 20.8 Å². The zero-order valence-corrected chi connectivity index (χ0v) is 12.5. The number of hydrogen-bond acceptors (Lipinski definition) is 3. The lowest BCUT2D eigenvalue weighted by Crippen LogP contribution is -2.38. The first-order valence-corrected chi connectivity index (χ1v) is 6.87. The molecular weight excluding hydrogens is 224 g/mol. The smallest absolute Gasteiger partial charge is 0.118 e. The fourth-order valence-electron chi connectivity index (χ4n) is 2.28. The summed E-state index contributed by atoms with van der Waals surface area (Å²) in [6.07, 6.45) is 1.19. The third-order valence-electron chi connectivity index (χ3n) is 2.95. The minimum Gasteiger partial charge on any atom is -0.465 e. The van der Waals surface area contributed by atoms with Crippen LogP contribution in [0, 0.1) is 12.3 Å². The molecule has 0 saturated heterocycles. The van der Waals surface area contributed by atoms with Gasteiger partial charge in [0.2, 0.25) is 0 Å². The van der Waals surface area contributed by atoms with Crippen LogP contribution in [0.25, 0.3) is 0 Å². The highest BCUT2D eigenvalue weighted by Crippen LogP contribution is 2.17. The van der Waals surface area contributed by atoms with Crippen molar-refractivity contribution in [2.45, 2.75) is 40.7 Å². The van der Waals surface area contributed by atoms with Crippen molar-refractivity contribution in [3.8, 4) is 0 Å². The van der Waals surface area contributed by atoms with Crippen LogP contribution in [0.4, 0.5) is 0 Å². The maximum Gasteiger partial charge on any atom is 0.118 e. The van der Waals surface area contributed by atoms with Gasteiger partial charge < -0.3 is 9.73 Å². The van der Waals surface area contributed by atoms with Gasteiger partial charge in [0.05, 0.1) is 6.54 Å². The summed E-state index contributed by atoms with van der Waals surface area (Å²) >= 11 is 0. The molecule has 1 aromatic heterocycles. The van der Waals surface area contributed by atoms with E-state index in [2.05, 4.69) is 44.1 Å². The van der Waals surface area contributed by atoms with Gasteiger partial charge in [0.15, 0.2) is 0 Å². The summed E-state index contributed by atoms with van der Waals surface area (Å²) < 4.78 is 5.61. The first-order valence-electron chi connectivity index (χ1n) is 6.87. The van der Waals surface area contributed by atoms with Gasteiger partial charge in [-0.15, -0.1) is 0 Å². The largest absolute Gasteiger partial charge is 0.465 e. The lowest BCUT2D eigenvalue weighted by molar-refractivity contribution is 0.188. The Hall–Kier alpha value is -0.800. The maximum absolute atomic E-state index is 5.61. The molecule has 1 rings (SSSR count). The summed E-state index contributed by atoms with van der Waals surface area (Å²) in [5.41, 5.74) is 0.283. The molecule has 3 heteroatoms. The highest BCUT2D eigenvalue weighted by Gasteiger charge is 2.20. The molecule has 0 aliphatic carbocycles. The number of rotatable bonds is 8. The van der Waals surface area contributed by atoms with E-state index in [0.717, 1.165) is 37.7 Å². The van der Waals surface area contributed by atoms with Crippen molar-refractivity contribution in [2.24, 2.45) is 5.41 Å². The topological polar surface area (TPSA) is 28.4 Å². The Kier molecular flexibility index (Phi) is 5.89. The Morgan fingerprint density at radius 2 is 2.06 bits per heavy atom. The molecule has 0 aliphatic rings. The van der Waals surface area contributed by atoms with Crippen molar-refractivity contribution in [3.05, 3.63) is 23.7 Å². The van der Waals surface area contributed by atoms with E-state index in [1.807, 2.05) is 13.0 Å². The quantitative estimate of drug-likeness (QED) is 0.721. The van der Waals surface area contributed by atoms with E-state index in [1.54, 1.807) is 0 Å². The zero-order chi connectivity index (χ0) is 13.6. The van der Waals surface area contributed by atoms with Crippen molar-refractivity contribution in [1.82, 2.24) is 10.2 Å². The molecule has 0 bridgehead atoms. The number of nitrogens with one attached hydrogen (secondary N) is 1. The van der Waals surface area contributed by atoms with E-state index in [-0.39, 0.29) is 5.41 Å². The summed E-state index contributed by atoms with van der Waals surface area (Å²) in [6.45, 7) is 12.9. The Bertz CT molecular complexity index is 344. The number of furan rings is 1. The van der Waals surface area contributed by atoms with E-state index >= 15 is 0 Å². The first-order chi connectivity index (χ1) is 8.43. The van der Waals surface area contributed by atoms with Crippen LogP contribution in [0.2, 0.25) is 0 Å². The molecule has 1 aromatic rings. The fraction of sp³-hybridized carbons (Fsp3) is 0.733. The summed E-state index contributed by atoms with van der Waals surface area (Å²) in [5.74, 6) is 2.04. The van der Waals surface area contributed by atoms with Gasteiger partial charge in [0.1, 0.15) is 11.5 Å². The standard InChI is InChI=1S/C15H28N2O/c1-6-9-16-11-15(3,4)12-17(5)10-14-8-7-13(2)18-14/h7-8,16H,6,9-12H2,1-5H3. The fourth-order valence-corrected chi connectivity index (χ4v) is 2.28. The van der Waals surface area contributed by atoms with Gasteiger partial charge in [-0.05, 0) is 44.5 Å². The summed E-state index contributed by atoms with van der Waals surface area (Å²) in [5, 5.41) is 3.50. The molecule has 1 heterocycles. The molecule has 18 heavy (non-hydrogen) atoms. The van der Waals surface area contributed by atoms with E-state index in [1.165, 1.54) is 6.42 Å². The van der Waals surface area contributed by atoms with E-state index < -0.39 is 0 Å². The highest BCUT2D eigenvalue weighted by atomic mass is 16.3. The van der Waals surface area contributed by atoms with E-state index in [9.17, 15) is 0 Å². The van der Waals surface area contributed by atoms with Crippen molar-refractivity contribution in [1.29, 1.82) is 0 Å². The zero-order valence-electron chi connectivity index (χ0n) is 12.5. The lowest BCUT2D eigenvalue weighted by atomic mass is 9.92. The van der Waals surface area contributed by atoms with Gasteiger partial charge in [0, 0.05) is 13.1 Å². The maximum atomic E-state index is 5.61. The minimum absolute atomic E-state index is 0.283.